The molecular weight excluding hydrogens is 217 g/mol. The standard InChI is InChI=1S/C11H9ClFNO/c12-8-3-4-11(10(13)6-8)14-5-1-2-9(14)7-15/h1-6,15H,7H2. The lowest BCUT2D eigenvalue weighted by molar-refractivity contribution is 0.274. The molecule has 2 aromatic rings. The van der Waals surface area contributed by atoms with Crippen LogP contribution < -0.4 is 0 Å². The number of benzene rings is 1. The Labute approximate surface area is 91.5 Å². The van der Waals surface area contributed by atoms with Crippen molar-refractivity contribution in [1.29, 1.82) is 0 Å². The van der Waals surface area contributed by atoms with Gasteiger partial charge in [0.1, 0.15) is 5.82 Å². The first kappa shape index (κ1) is 10.2. The van der Waals surface area contributed by atoms with Crippen molar-refractivity contribution in [3.8, 4) is 5.69 Å². The van der Waals surface area contributed by atoms with Crippen molar-refractivity contribution in [2.45, 2.75) is 6.61 Å². The van der Waals surface area contributed by atoms with Crippen LogP contribution in [0.25, 0.3) is 5.69 Å². The summed E-state index contributed by atoms with van der Waals surface area (Å²) in [4.78, 5) is 0. The van der Waals surface area contributed by atoms with Crippen molar-refractivity contribution in [3.63, 3.8) is 0 Å². The third-order valence-electron chi connectivity index (χ3n) is 2.16. The molecule has 0 aliphatic heterocycles. The monoisotopic (exact) mass is 225 g/mol. The number of aliphatic hydroxyl groups excluding tert-OH is 1. The SMILES string of the molecule is OCc1cccn1-c1ccc(Cl)cc1F. The molecule has 0 fully saturated rings. The van der Waals surface area contributed by atoms with E-state index in [-0.39, 0.29) is 6.61 Å². The highest BCUT2D eigenvalue weighted by Gasteiger charge is 2.07. The van der Waals surface area contributed by atoms with Crippen LogP contribution in [-0.2, 0) is 6.61 Å². The van der Waals surface area contributed by atoms with Gasteiger partial charge in [-0.15, -0.1) is 0 Å². The summed E-state index contributed by atoms with van der Waals surface area (Å²) in [5, 5.41) is 9.40. The smallest absolute Gasteiger partial charge is 0.148 e. The fraction of sp³-hybridized carbons (Fsp3) is 0.0909. The summed E-state index contributed by atoms with van der Waals surface area (Å²) < 4.78 is 15.1. The highest BCUT2D eigenvalue weighted by molar-refractivity contribution is 6.30. The summed E-state index contributed by atoms with van der Waals surface area (Å²) in [7, 11) is 0. The number of nitrogens with zero attached hydrogens (tertiary/aromatic N) is 1. The second-order valence-corrected chi connectivity index (χ2v) is 3.56. The molecule has 0 aliphatic carbocycles. The molecule has 0 radical (unpaired) electrons. The largest absolute Gasteiger partial charge is 0.390 e. The predicted octanol–water partition coefficient (Wildman–Crippen LogP) is 2.76. The zero-order valence-electron chi connectivity index (χ0n) is 7.82. The number of hydrogen-bond donors (Lipinski definition) is 1. The molecule has 1 aromatic heterocycles. The van der Waals surface area contributed by atoms with Crippen molar-refractivity contribution in [3.05, 3.63) is 53.1 Å². The first-order valence-corrected chi connectivity index (χ1v) is 4.82. The van der Waals surface area contributed by atoms with E-state index in [1.807, 2.05) is 0 Å². The van der Waals surface area contributed by atoms with Gasteiger partial charge >= 0.3 is 0 Å². The molecule has 0 amide bonds. The van der Waals surface area contributed by atoms with Crippen LogP contribution in [0.5, 0.6) is 0 Å². The van der Waals surface area contributed by atoms with Gasteiger partial charge in [-0.2, -0.15) is 0 Å². The van der Waals surface area contributed by atoms with Gasteiger partial charge in [0.05, 0.1) is 12.3 Å². The molecular formula is C11H9ClFNO. The maximum Gasteiger partial charge on any atom is 0.148 e. The zero-order valence-corrected chi connectivity index (χ0v) is 8.58. The van der Waals surface area contributed by atoms with Crippen molar-refractivity contribution in [2.24, 2.45) is 0 Å². The van der Waals surface area contributed by atoms with Crippen molar-refractivity contribution < 1.29 is 9.50 Å². The van der Waals surface area contributed by atoms with E-state index in [0.717, 1.165) is 0 Å². The van der Waals surface area contributed by atoms with Gasteiger partial charge in [-0.3, -0.25) is 0 Å². The van der Waals surface area contributed by atoms with Gasteiger partial charge in [-0.1, -0.05) is 11.6 Å². The first-order valence-electron chi connectivity index (χ1n) is 4.45. The van der Waals surface area contributed by atoms with Gasteiger partial charge in [0.15, 0.2) is 0 Å². The highest BCUT2D eigenvalue weighted by Crippen LogP contribution is 2.20. The Bertz CT molecular complexity index is 481. The van der Waals surface area contributed by atoms with Gasteiger partial charge in [0.2, 0.25) is 0 Å². The van der Waals surface area contributed by atoms with Crippen molar-refractivity contribution in [1.82, 2.24) is 4.57 Å². The normalized spacial score (nSPS) is 10.6. The number of rotatable bonds is 2. The van der Waals surface area contributed by atoms with Gasteiger partial charge in [-0.25, -0.2) is 4.39 Å². The second kappa shape index (κ2) is 4.04. The number of halogens is 2. The molecule has 1 N–H and O–H groups in total. The lowest BCUT2D eigenvalue weighted by Crippen LogP contribution is -2.01. The molecule has 2 rings (SSSR count). The van der Waals surface area contributed by atoms with Gasteiger partial charge in [0.25, 0.3) is 0 Å². The van der Waals surface area contributed by atoms with Crippen LogP contribution in [-0.4, -0.2) is 9.67 Å². The Hall–Kier alpha value is -1.32. The van der Waals surface area contributed by atoms with Gasteiger partial charge < -0.3 is 9.67 Å². The average Bonchev–Trinajstić information content (AvgIpc) is 2.65. The van der Waals surface area contributed by atoms with Gasteiger partial charge in [0, 0.05) is 16.9 Å². The molecule has 0 spiro atoms. The first-order chi connectivity index (χ1) is 7.22. The maximum atomic E-state index is 13.5. The molecule has 4 heteroatoms. The summed E-state index contributed by atoms with van der Waals surface area (Å²) in [6.07, 6.45) is 1.69. The van der Waals surface area contributed by atoms with Crippen LogP contribution in [0.4, 0.5) is 4.39 Å². The van der Waals surface area contributed by atoms with Crippen LogP contribution in [0.15, 0.2) is 36.5 Å². The van der Waals surface area contributed by atoms with E-state index in [0.29, 0.717) is 16.4 Å². The molecule has 0 bridgehead atoms. The van der Waals surface area contributed by atoms with E-state index in [2.05, 4.69) is 0 Å². The van der Waals surface area contributed by atoms with E-state index >= 15 is 0 Å². The molecule has 0 saturated heterocycles. The third-order valence-corrected chi connectivity index (χ3v) is 2.40. The fourth-order valence-corrected chi connectivity index (χ4v) is 1.62. The van der Waals surface area contributed by atoms with Crippen LogP contribution >= 0.6 is 11.6 Å². The van der Waals surface area contributed by atoms with Crippen LogP contribution in [0, 0.1) is 5.82 Å². The van der Waals surface area contributed by atoms with E-state index in [1.165, 1.54) is 6.07 Å². The Morgan fingerprint density at radius 3 is 2.80 bits per heavy atom. The van der Waals surface area contributed by atoms with Crippen molar-refractivity contribution in [2.75, 3.05) is 0 Å². The number of aromatic nitrogens is 1. The lowest BCUT2D eigenvalue weighted by atomic mass is 10.3. The summed E-state index contributed by atoms with van der Waals surface area (Å²) in [5.41, 5.74) is 1.02. The highest BCUT2D eigenvalue weighted by atomic mass is 35.5. The van der Waals surface area contributed by atoms with Gasteiger partial charge in [-0.05, 0) is 30.3 Å². The van der Waals surface area contributed by atoms with E-state index < -0.39 is 5.82 Å². The molecule has 2 nitrogen and oxygen atoms in total. The minimum Gasteiger partial charge on any atom is -0.390 e. The third kappa shape index (κ3) is 1.89. The minimum absolute atomic E-state index is 0.130. The van der Waals surface area contributed by atoms with E-state index in [1.54, 1.807) is 35.0 Å². The van der Waals surface area contributed by atoms with Crippen LogP contribution in [0.3, 0.4) is 0 Å². The Morgan fingerprint density at radius 1 is 1.33 bits per heavy atom. The summed E-state index contributed by atoms with van der Waals surface area (Å²) in [6.45, 7) is -0.130. The average molecular weight is 226 g/mol. The summed E-state index contributed by atoms with van der Waals surface area (Å²) in [5.74, 6) is -0.409. The molecule has 0 saturated carbocycles. The molecule has 1 aromatic carbocycles. The Kier molecular flexibility index (Phi) is 2.75. The van der Waals surface area contributed by atoms with E-state index in [9.17, 15) is 4.39 Å². The predicted molar refractivity (Wildman–Crippen MR) is 56.7 cm³/mol. The number of hydrogen-bond acceptors (Lipinski definition) is 1. The molecule has 0 atom stereocenters. The van der Waals surface area contributed by atoms with E-state index in [4.69, 9.17) is 16.7 Å². The molecule has 0 aliphatic rings. The molecule has 1 heterocycles. The molecule has 15 heavy (non-hydrogen) atoms. The Balaban J connectivity index is 2.54. The maximum absolute atomic E-state index is 13.5. The summed E-state index contributed by atoms with van der Waals surface area (Å²) >= 11 is 5.65. The van der Waals surface area contributed by atoms with Crippen LogP contribution in [0.1, 0.15) is 5.69 Å². The van der Waals surface area contributed by atoms with Crippen molar-refractivity contribution >= 4 is 11.6 Å². The fourth-order valence-electron chi connectivity index (χ4n) is 1.46. The zero-order chi connectivity index (χ0) is 10.8. The Morgan fingerprint density at radius 2 is 2.13 bits per heavy atom. The number of aliphatic hydroxyl groups is 1. The van der Waals surface area contributed by atoms with Crippen LogP contribution in [0.2, 0.25) is 5.02 Å². The topological polar surface area (TPSA) is 25.2 Å². The summed E-state index contributed by atoms with van der Waals surface area (Å²) in [6, 6.07) is 7.92. The molecule has 0 unspecified atom stereocenters. The quantitative estimate of drug-likeness (QED) is 0.836. The second-order valence-electron chi connectivity index (χ2n) is 3.12. The minimum atomic E-state index is -0.409. The lowest BCUT2D eigenvalue weighted by Gasteiger charge is -2.08. The molecule has 78 valence electrons.